The summed E-state index contributed by atoms with van der Waals surface area (Å²) in [7, 11) is 0. The molecular weight excluding hydrogens is 183 g/mol. The molecule has 0 bridgehead atoms. The highest BCUT2D eigenvalue weighted by Gasteiger charge is 1.89. The molecule has 1 aromatic carbocycles. The van der Waals surface area contributed by atoms with Crippen LogP contribution >= 0.6 is 0 Å². The number of nitrogens with two attached hydrogens (primary N) is 1. The molecule has 0 aromatic heterocycles. The molecule has 1 aromatic rings. The predicted molar refractivity (Wildman–Crippen MR) is 53.6 cm³/mol. The van der Waals surface area contributed by atoms with Crippen LogP contribution in [-0.2, 0) is 4.84 Å². The Hall–Kier alpha value is -1.42. The minimum Gasteiger partial charge on any atom is -0.396 e. The Bertz CT molecular complexity index is 285. The van der Waals surface area contributed by atoms with Crippen LogP contribution in [0.3, 0.4) is 0 Å². The van der Waals surface area contributed by atoms with E-state index in [9.17, 15) is 4.39 Å². The molecule has 0 aliphatic rings. The normalized spacial score (nSPS) is 10.7. The van der Waals surface area contributed by atoms with Crippen LogP contribution in [0.2, 0.25) is 0 Å². The van der Waals surface area contributed by atoms with Gasteiger partial charge in [-0.15, -0.1) is 0 Å². The van der Waals surface area contributed by atoms with Gasteiger partial charge in [-0.3, -0.25) is 0 Å². The first-order valence-corrected chi connectivity index (χ1v) is 4.44. The predicted octanol–water partition coefficient (Wildman–Crippen LogP) is 1.53. The Morgan fingerprint density at radius 2 is 2.07 bits per heavy atom. The molecule has 76 valence electrons. The molecule has 4 heteroatoms. The lowest BCUT2D eigenvalue weighted by atomic mass is 10.2. The van der Waals surface area contributed by atoms with E-state index in [-0.39, 0.29) is 5.82 Å². The molecule has 0 unspecified atom stereocenters. The molecule has 14 heavy (non-hydrogen) atoms. The lowest BCUT2D eigenvalue weighted by Crippen LogP contribution is -2.02. The zero-order chi connectivity index (χ0) is 10.2. The summed E-state index contributed by atoms with van der Waals surface area (Å²) >= 11 is 0. The topological polar surface area (TPSA) is 47.6 Å². The number of benzene rings is 1. The van der Waals surface area contributed by atoms with Gasteiger partial charge in [-0.25, -0.2) is 4.39 Å². The molecule has 0 saturated carbocycles. The van der Waals surface area contributed by atoms with Crippen molar-refractivity contribution in [2.24, 2.45) is 10.9 Å². The van der Waals surface area contributed by atoms with Gasteiger partial charge in [0, 0.05) is 0 Å². The van der Waals surface area contributed by atoms with Gasteiger partial charge in [0.2, 0.25) is 0 Å². The Morgan fingerprint density at radius 3 is 2.71 bits per heavy atom. The largest absolute Gasteiger partial charge is 0.396 e. The highest BCUT2D eigenvalue weighted by molar-refractivity contribution is 5.78. The van der Waals surface area contributed by atoms with E-state index in [0.29, 0.717) is 13.2 Å². The second-order valence-corrected chi connectivity index (χ2v) is 2.76. The smallest absolute Gasteiger partial charge is 0.123 e. The summed E-state index contributed by atoms with van der Waals surface area (Å²) in [6.07, 6.45) is 2.32. The quantitative estimate of drug-likeness (QED) is 0.441. The molecule has 0 aliphatic heterocycles. The van der Waals surface area contributed by atoms with Gasteiger partial charge in [0.1, 0.15) is 12.4 Å². The van der Waals surface area contributed by atoms with Crippen molar-refractivity contribution in [2.45, 2.75) is 6.42 Å². The van der Waals surface area contributed by atoms with Gasteiger partial charge < -0.3 is 10.6 Å². The first kappa shape index (κ1) is 10.7. The van der Waals surface area contributed by atoms with E-state index in [2.05, 4.69) is 5.16 Å². The van der Waals surface area contributed by atoms with Crippen molar-refractivity contribution in [3.8, 4) is 0 Å². The van der Waals surface area contributed by atoms with Gasteiger partial charge >= 0.3 is 0 Å². The third kappa shape index (κ3) is 4.00. The summed E-state index contributed by atoms with van der Waals surface area (Å²) in [6, 6.07) is 6.01. The molecule has 2 N–H and O–H groups in total. The average molecular weight is 196 g/mol. The van der Waals surface area contributed by atoms with Crippen molar-refractivity contribution in [1.82, 2.24) is 0 Å². The lowest BCUT2D eigenvalue weighted by molar-refractivity contribution is 0.145. The van der Waals surface area contributed by atoms with Crippen LogP contribution in [0.1, 0.15) is 12.0 Å². The molecule has 0 radical (unpaired) electrons. The number of nitrogens with zero attached hydrogens (tertiary/aromatic N) is 1. The molecule has 0 fully saturated rings. The van der Waals surface area contributed by atoms with Crippen molar-refractivity contribution < 1.29 is 9.23 Å². The van der Waals surface area contributed by atoms with Crippen LogP contribution in [0, 0.1) is 5.82 Å². The van der Waals surface area contributed by atoms with E-state index in [4.69, 9.17) is 10.6 Å². The van der Waals surface area contributed by atoms with Gasteiger partial charge in [-0.05, 0) is 30.7 Å². The third-order valence-electron chi connectivity index (χ3n) is 1.59. The lowest BCUT2D eigenvalue weighted by Gasteiger charge is -1.96. The first-order valence-electron chi connectivity index (χ1n) is 4.44. The molecule has 0 amide bonds. The minimum atomic E-state index is -0.258. The summed E-state index contributed by atoms with van der Waals surface area (Å²) in [5.74, 6) is -0.258. The van der Waals surface area contributed by atoms with Crippen LogP contribution in [0.4, 0.5) is 4.39 Å². The van der Waals surface area contributed by atoms with Crippen molar-refractivity contribution in [3.63, 3.8) is 0 Å². The molecule has 0 saturated heterocycles. The zero-order valence-electron chi connectivity index (χ0n) is 7.82. The molecule has 0 heterocycles. The Labute approximate surface area is 82.4 Å². The Morgan fingerprint density at radius 1 is 1.36 bits per heavy atom. The van der Waals surface area contributed by atoms with Crippen LogP contribution < -0.4 is 5.73 Å². The van der Waals surface area contributed by atoms with Crippen molar-refractivity contribution >= 4 is 6.21 Å². The van der Waals surface area contributed by atoms with E-state index in [1.54, 1.807) is 12.1 Å². The number of halogens is 1. The molecule has 0 aliphatic carbocycles. The van der Waals surface area contributed by atoms with E-state index < -0.39 is 0 Å². The fraction of sp³-hybridized carbons (Fsp3) is 0.300. The summed E-state index contributed by atoms with van der Waals surface area (Å²) < 4.78 is 12.5. The van der Waals surface area contributed by atoms with Crippen LogP contribution in [0.5, 0.6) is 0 Å². The second kappa shape index (κ2) is 6.10. The summed E-state index contributed by atoms with van der Waals surface area (Å²) in [5.41, 5.74) is 6.07. The fourth-order valence-corrected chi connectivity index (χ4v) is 0.848. The van der Waals surface area contributed by atoms with E-state index in [1.807, 2.05) is 0 Å². The molecule has 1 rings (SSSR count). The number of rotatable bonds is 5. The number of hydrogen-bond acceptors (Lipinski definition) is 3. The Balaban J connectivity index is 2.33. The van der Waals surface area contributed by atoms with Crippen LogP contribution in [-0.4, -0.2) is 19.4 Å². The standard InChI is InChI=1S/C10H13FN2O/c11-10-4-2-9(3-5-10)8-13-14-7-1-6-12/h2-5,8H,1,6-7,12H2/b13-8-. The van der Waals surface area contributed by atoms with Gasteiger partial charge in [0.05, 0.1) is 6.21 Å². The second-order valence-electron chi connectivity index (χ2n) is 2.76. The maximum absolute atomic E-state index is 12.5. The summed E-state index contributed by atoms with van der Waals surface area (Å²) in [4.78, 5) is 4.90. The van der Waals surface area contributed by atoms with Gasteiger partial charge in [-0.1, -0.05) is 17.3 Å². The maximum Gasteiger partial charge on any atom is 0.123 e. The van der Waals surface area contributed by atoms with E-state index in [1.165, 1.54) is 18.3 Å². The van der Waals surface area contributed by atoms with Gasteiger partial charge in [0.15, 0.2) is 0 Å². The van der Waals surface area contributed by atoms with Crippen LogP contribution in [0.25, 0.3) is 0 Å². The molecular formula is C10H13FN2O. The van der Waals surface area contributed by atoms with Crippen molar-refractivity contribution in [1.29, 1.82) is 0 Å². The highest BCUT2D eigenvalue weighted by atomic mass is 19.1. The minimum absolute atomic E-state index is 0.258. The van der Waals surface area contributed by atoms with E-state index in [0.717, 1.165) is 12.0 Å². The number of hydrogen-bond donors (Lipinski definition) is 1. The highest BCUT2D eigenvalue weighted by Crippen LogP contribution is 1.99. The first-order chi connectivity index (χ1) is 6.83. The number of oxime groups is 1. The van der Waals surface area contributed by atoms with Crippen molar-refractivity contribution in [3.05, 3.63) is 35.6 Å². The van der Waals surface area contributed by atoms with Gasteiger partial charge in [0.25, 0.3) is 0 Å². The van der Waals surface area contributed by atoms with Crippen molar-refractivity contribution in [2.75, 3.05) is 13.2 Å². The average Bonchev–Trinajstić information content (AvgIpc) is 2.21. The maximum atomic E-state index is 12.5. The summed E-state index contributed by atoms with van der Waals surface area (Å²) in [5, 5.41) is 3.71. The SMILES string of the molecule is NCCCO/N=C\c1ccc(F)cc1. The molecule has 3 nitrogen and oxygen atoms in total. The Kier molecular flexibility index (Phi) is 4.64. The monoisotopic (exact) mass is 196 g/mol. The van der Waals surface area contributed by atoms with E-state index >= 15 is 0 Å². The summed E-state index contributed by atoms with van der Waals surface area (Å²) in [6.45, 7) is 1.10. The van der Waals surface area contributed by atoms with Gasteiger partial charge in [-0.2, -0.15) is 0 Å². The van der Waals surface area contributed by atoms with Crippen LogP contribution in [0.15, 0.2) is 29.4 Å². The zero-order valence-corrected chi connectivity index (χ0v) is 7.82. The third-order valence-corrected chi connectivity index (χ3v) is 1.59. The fourth-order valence-electron chi connectivity index (χ4n) is 0.848. The molecule has 0 spiro atoms. The molecule has 0 atom stereocenters.